The van der Waals surface area contributed by atoms with E-state index in [-0.39, 0.29) is 16.6 Å². The largest absolute Gasteiger partial charge is 0.351 e. The SMILES string of the molecule is CCS(=O)(=O)c1ccc(C(=O)NCCN2CCN(c3nc4ccc(Cl)cc4s3)CC2)cc1. The molecule has 1 aliphatic heterocycles. The summed E-state index contributed by atoms with van der Waals surface area (Å²) in [5.41, 5.74) is 1.43. The number of fused-ring (bicyclic) bond motifs is 1. The number of amides is 1. The van der Waals surface area contributed by atoms with Gasteiger partial charge in [0.25, 0.3) is 5.91 Å². The molecule has 7 nitrogen and oxygen atoms in total. The van der Waals surface area contributed by atoms with Gasteiger partial charge in [0.1, 0.15) is 0 Å². The van der Waals surface area contributed by atoms with Crippen LogP contribution in [0.4, 0.5) is 5.13 Å². The first-order valence-electron chi connectivity index (χ1n) is 10.5. The van der Waals surface area contributed by atoms with Crippen LogP contribution in [0, 0.1) is 0 Å². The fourth-order valence-electron chi connectivity index (χ4n) is 3.59. The van der Waals surface area contributed by atoms with E-state index in [1.165, 1.54) is 12.1 Å². The summed E-state index contributed by atoms with van der Waals surface area (Å²) in [7, 11) is -3.26. The molecule has 1 aromatic heterocycles. The third kappa shape index (κ3) is 5.23. The van der Waals surface area contributed by atoms with Gasteiger partial charge in [-0.1, -0.05) is 29.9 Å². The van der Waals surface area contributed by atoms with Gasteiger partial charge in [-0.3, -0.25) is 9.69 Å². The van der Waals surface area contributed by atoms with Crippen molar-refractivity contribution in [1.29, 1.82) is 0 Å². The maximum atomic E-state index is 12.4. The second kappa shape index (κ2) is 9.74. The second-order valence-corrected chi connectivity index (χ2v) is 11.3. The summed E-state index contributed by atoms with van der Waals surface area (Å²) in [6, 6.07) is 11.9. The van der Waals surface area contributed by atoms with Gasteiger partial charge in [-0.25, -0.2) is 13.4 Å². The first-order chi connectivity index (χ1) is 15.4. The van der Waals surface area contributed by atoms with Gasteiger partial charge in [0.2, 0.25) is 0 Å². The maximum Gasteiger partial charge on any atom is 0.251 e. The number of hydrogen-bond acceptors (Lipinski definition) is 7. The van der Waals surface area contributed by atoms with Crippen molar-refractivity contribution in [2.75, 3.05) is 49.9 Å². The minimum absolute atomic E-state index is 0.0408. The van der Waals surface area contributed by atoms with Gasteiger partial charge in [0.15, 0.2) is 15.0 Å². The topological polar surface area (TPSA) is 82.6 Å². The number of thiazole rings is 1. The molecule has 0 bridgehead atoms. The van der Waals surface area contributed by atoms with Crippen LogP contribution in [0.2, 0.25) is 5.02 Å². The summed E-state index contributed by atoms with van der Waals surface area (Å²) in [5.74, 6) is -0.156. The Balaban J connectivity index is 1.24. The molecule has 2 heterocycles. The summed E-state index contributed by atoms with van der Waals surface area (Å²) < 4.78 is 24.9. The van der Waals surface area contributed by atoms with E-state index < -0.39 is 9.84 Å². The molecule has 1 saturated heterocycles. The van der Waals surface area contributed by atoms with E-state index in [1.807, 2.05) is 18.2 Å². The molecule has 10 heteroatoms. The van der Waals surface area contributed by atoms with Gasteiger partial charge in [-0.05, 0) is 42.5 Å². The Kier molecular flexibility index (Phi) is 6.99. The number of piperazine rings is 1. The number of benzene rings is 2. The predicted octanol–water partition coefficient (Wildman–Crippen LogP) is 3.30. The van der Waals surface area contributed by atoms with E-state index >= 15 is 0 Å². The molecule has 0 aliphatic carbocycles. The number of rotatable bonds is 7. The van der Waals surface area contributed by atoms with Gasteiger partial charge in [0, 0.05) is 49.9 Å². The Morgan fingerprint density at radius 1 is 1.12 bits per heavy atom. The van der Waals surface area contributed by atoms with Gasteiger partial charge >= 0.3 is 0 Å². The normalized spacial score (nSPS) is 15.2. The highest BCUT2D eigenvalue weighted by Gasteiger charge is 2.20. The Morgan fingerprint density at radius 3 is 2.53 bits per heavy atom. The van der Waals surface area contributed by atoms with Crippen molar-refractivity contribution in [3.05, 3.63) is 53.1 Å². The molecular weight excluding hydrogens is 468 g/mol. The maximum absolute atomic E-state index is 12.4. The lowest BCUT2D eigenvalue weighted by atomic mass is 10.2. The van der Waals surface area contributed by atoms with E-state index in [0.29, 0.717) is 12.1 Å². The zero-order valence-electron chi connectivity index (χ0n) is 17.8. The van der Waals surface area contributed by atoms with Crippen LogP contribution in [0.15, 0.2) is 47.4 Å². The van der Waals surface area contributed by atoms with Gasteiger partial charge < -0.3 is 10.2 Å². The standard InChI is InChI=1S/C22H25ClN4O3S2/c1-2-32(29,30)18-6-3-16(4-7-18)21(28)24-9-10-26-11-13-27(14-12-26)22-25-19-8-5-17(23)15-20(19)31-22/h3-8,15H,2,9-14H2,1H3,(H,24,28). The monoisotopic (exact) mass is 492 g/mol. The molecule has 4 rings (SSSR count). The molecule has 1 N–H and O–H groups in total. The summed E-state index contributed by atoms with van der Waals surface area (Å²) in [4.78, 5) is 21.9. The van der Waals surface area contributed by atoms with Crippen LogP contribution in [0.5, 0.6) is 0 Å². The Hall–Kier alpha value is -2.20. The van der Waals surface area contributed by atoms with E-state index in [0.717, 1.165) is 53.1 Å². The van der Waals surface area contributed by atoms with Crippen molar-refractivity contribution in [2.45, 2.75) is 11.8 Å². The van der Waals surface area contributed by atoms with E-state index in [9.17, 15) is 13.2 Å². The van der Waals surface area contributed by atoms with Crippen LogP contribution in [0.1, 0.15) is 17.3 Å². The molecule has 0 unspecified atom stereocenters. The summed E-state index contributed by atoms with van der Waals surface area (Å²) >= 11 is 7.74. The molecule has 1 fully saturated rings. The average Bonchev–Trinajstić information content (AvgIpc) is 3.22. The third-order valence-corrected chi connectivity index (χ3v) is 8.62. The predicted molar refractivity (Wildman–Crippen MR) is 130 cm³/mol. The fourth-order valence-corrected chi connectivity index (χ4v) is 5.77. The fraction of sp³-hybridized carbons (Fsp3) is 0.364. The molecule has 170 valence electrons. The summed E-state index contributed by atoms with van der Waals surface area (Å²) in [6.07, 6.45) is 0. The molecule has 0 radical (unpaired) electrons. The molecule has 1 aliphatic rings. The van der Waals surface area contributed by atoms with E-state index in [1.54, 1.807) is 30.4 Å². The molecule has 0 atom stereocenters. The highest BCUT2D eigenvalue weighted by atomic mass is 35.5. The smallest absolute Gasteiger partial charge is 0.251 e. The molecule has 2 aromatic carbocycles. The molecule has 1 amide bonds. The van der Waals surface area contributed by atoms with Crippen molar-refractivity contribution >= 4 is 54.0 Å². The molecule has 3 aromatic rings. The van der Waals surface area contributed by atoms with Crippen LogP contribution in [-0.4, -0.2) is 69.2 Å². The lowest BCUT2D eigenvalue weighted by Crippen LogP contribution is -2.48. The number of aromatic nitrogens is 1. The summed E-state index contributed by atoms with van der Waals surface area (Å²) in [6.45, 7) is 6.46. The Morgan fingerprint density at radius 2 is 1.84 bits per heavy atom. The van der Waals surface area contributed by atoms with E-state index in [2.05, 4.69) is 15.1 Å². The lowest BCUT2D eigenvalue weighted by molar-refractivity contribution is 0.0947. The number of anilines is 1. The first kappa shape index (κ1) is 23.0. The molecule has 32 heavy (non-hydrogen) atoms. The number of nitrogens with zero attached hydrogens (tertiary/aromatic N) is 3. The van der Waals surface area contributed by atoms with Crippen molar-refractivity contribution in [3.63, 3.8) is 0 Å². The number of carbonyl (C=O) groups is 1. The van der Waals surface area contributed by atoms with Crippen LogP contribution >= 0.6 is 22.9 Å². The van der Waals surface area contributed by atoms with Crippen LogP contribution in [0.25, 0.3) is 10.2 Å². The Bertz CT molecular complexity index is 1200. The van der Waals surface area contributed by atoms with Crippen molar-refractivity contribution in [3.8, 4) is 0 Å². The minimum Gasteiger partial charge on any atom is -0.351 e. The van der Waals surface area contributed by atoms with Gasteiger partial charge in [-0.15, -0.1) is 0 Å². The third-order valence-electron chi connectivity index (χ3n) is 5.55. The lowest BCUT2D eigenvalue weighted by Gasteiger charge is -2.34. The average molecular weight is 493 g/mol. The molecular formula is C22H25ClN4O3S2. The second-order valence-electron chi connectivity index (χ2n) is 7.62. The highest BCUT2D eigenvalue weighted by molar-refractivity contribution is 7.91. The number of sulfone groups is 1. The Labute approximate surface area is 196 Å². The molecule has 0 saturated carbocycles. The van der Waals surface area contributed by atoms with Crippen molar-refractivity contribution < 1.29 is 13.2 Å². The van der Waals surface area contributed by atoms with Gasteiger partial charge in [0.05, 0.1) is 20.9 Å². The summed E-state index contributed by atoms with van der Waals surface area (Å²) in [5, 5.41) is 4.66. The van der Waals surface area contributed by atoms with Crippen LogP contribution < -0.4 is 10.2 Å². The number of halogens is 1. The minimum atomic E-state index is -3.26. The van der Waals surface area contributed by atoms with Crippen LogP contribution in [-0.2, 0) is 9.84 Å². The number of hydrogen-bond donors (Lipinski definition) is 1. The number of nitrogens with one attached hydrogen (secondary N) is 1. The van der Waals surface area contributed by atoms with Crippen molar-refractivity contribution in [1.82, 2.24) is 15.2 Å². The zero-order valence-corrected chi connectivity index (χ0v) is 20.1. The first-order valence-corrected chi connectivity index (χ1v) is 13.3. The zero-order chi connectivity index (χ0) is 22.7. The van der Waals surface area contributed by atoms with Crippen molar-refractivity contribution in [2.24, 2.45) is 0 Å². The number of carbonyl (C=O) groups excluding carboxylic acids is 1. The quantitative estimate of drug-likeness (QED) is 0.545. The van der Waals surface area contributed by atoms with E-state index in [4.69, 9.17) is 16.6 Å². The molecule has 0 spiro atoms. The van der Waals surface area contributed by atoms with Gasteiger partial charge in [-0.2, -0.15) is 0 Å². The highest BCUT2D eigenvalue weighted by Crippen LogP contribution is 2.31. The van der Waals surface area contributed by atoms with Crippen LogP contribution in [0.3, 0.4) is 0 Å².